The average molecular weight is 258 g/mol. The molecule has 54 valence electrons. The maximum atomic E-state index is 4.19. The molecule has 0 spiro atoms. The number of likely N-dealkylation sites (N-methyl/N-ethyl adjacent to an activating group) is 1. The highest BCUT2D eigenvalue weighted by molar-refractivity contribution is 14.1. The second kappa shape index (κ2) is 2.39. The average Bonchev–Trinajstić information content (AvgIpc) is 2.35. The van der Waals surface area contributed by atoms with Crippen LogP contribution in [-0.4, -0.2) is 24.1 Å². The summed E-state index contributed by atoms with van der Waals surface area (Å²) in [5, 5.41) is 5.67. The van der Waals surface area contributed by atoms with Crippen molar-refractivity contribution in [3.05, 3.63) is 21.4 Å². The first-order chi connectivity index (χ1) is 5.29. The van der Waals surface area contributed by atoms with E-state index in [1.165, 1.54) is 0 Å². The number of fused-ring (bicyclic) bond motifs is 1. The van der Waals surface area contributed by atoms with Gasteiger partial charge in [0.15, 0.2) is 11.6 Å². The van der Waals surface area contributed by atoms with Gasteiger partial charge in [-0.2, -0.15) is 0 Å². The van der Waals surface area contributed by atoms with Gasteiger partial charge in [-0.1, -0.05) is 0 Å². The summed E-state index contributed by atoms with van der Waals surface area (Å²) in [5.41, 5.74) is 1.11. The second-order valence-corrected chi connectivity index (χ2v) is 3.40. The number of nitrogens with zero attached hydrogens (tertiary/aromatic N) is 3. The van der Waals surface area contributed by atoms with Crippen LogP contribution in [0.15, 0.2) is 31.5 Å². The Balaban J connectivity index is 2.45. The molecule has 0 aliphatic carbocycles. The van der Waals surface area contributed by atoms with Gasteiger partial charge in [0.2, 0.25) is 12.1 Å². The maximum absolute atomic E-state index is 4.19. The smallest absolute Gasteiger partial charge is 0.215 e. The van der Waals surface area contributed by atoms with Crippen molar-refractivity contribution in [1.29, 1.82) is 0 Å². The van der Waals surface area contributed by atoms with E-state index in [2.05, 4.69) is 38.9 Å². The zero-order chi connectivity index (χ0) is 7.84. The molecule has 0 aromatic rings. The summed E-state index contributed by atoms with van der Waals surface area (Å²) in [5.74, 6) is 0.910. The van der Waals surface area contributed by atoms with Gasteiger partial charge in [0.1, 0.15) is 3.58 Å². The monoisotopic (exact) mass is 258 g/mol. The number of amidine groups is 1. The zero-order valence-electron chi connectivity index (χ0n) is 5.87. The van der Waals surface area contributed by atoms with Crippen LogP contribution in [0, 0.1) is 0 Å². The van der Waals surface area contributed by atoms with E-state index in [1.54, 1.807) is 5.01 Å². The lowest BCUT2D eigenvalue weighted by molar-refractivity contribution is 0.547. The molecule has 0 saturated heterocycles. The van der Waals surface area contributed by atoms with Crippen LogP contribution in [0.4, 0.5) is 0 Å². The largest absolute Gasteiger partial charge is 0.247 e. The Morgan fingerprint density at radius 2 is 2.45 bits per heavy atom. The van der Waals surface area contributed by atoms with Gasteiger partial charge in [-0.3, -0.25) is 0 Å². The quantitative estimate of drug-likeness (QED) is 0.477. The van der Waals surface area contributed by atoms with Crippen molar-refractivity contribution in [2.75, 3.05) is 7.05 Å². The van der Waals surface area contributed by atoms with Crippen molar-refractivity contribution in [3.8, 4) is 0 Å². The summed E-state index contributed by atoms with van der Waals surface area (Å²) in [4.78, 5) is 4.19. The van der Waals surface area contributed by atoms with Crippen LogP contribution < -0.4 is 0 Å². The third kappa shape index (κ3) is 0.985. The van der Waals surface area contributed by atoms with Crippen molar-refractivity contribution in [1.82, 2.24) is 5.01 Å². The predicted octanol–water partition coefficient (Wildman–Crippen LogP) is 1.41. The molecule has 0 radical (unpaired) electrons. The van der Waals surface area contributed by atoms with Crippen LogP contribution in [0.2, 0.25) is 0 Å². The minimum atomic E-state index is 0.910. The van der Waals surface area contributed by atoms with Crippen LogP contribution >= 0.6 is 22.6 Å². The Hall–Kier alpha value is -0.740. The molecule has 0 amide bonds. The number of allylic oxidation sites excluding steroid dienone is 1. The maximum Gasteiger partial charge on any atom is 0.247 e. The lowest BCUT2D eigenvalue weighted by atomic mass is 10.2. The molecule has 11 heavy (non-hydrogen) atoms. The van der Waals surface area contributed by atoms with E-state index in [0.29, 0.717) is 0 Å². The molecule has 0 saturated carbocycles. The molecule has 0 N–H and O–H groups in total. The summed E-state index contributed by atoms with van der Waals surface area (Å²) in [6.07, 6.45) is 6.48. The molecule has 2 aliphatic rings. The van der Waals surface area contributed by atoms with Crippen molar-refractivity contribution in [2.24, 2.45) is 10.1 Å². The highest BCUT2D eigenvalue weighted by Gasteiger charge is 2.30. The number of halogens is 1. The molecule has 3 nitrogen and oxygen atoms in total. The van der Waals surface area contributed by atoms with E-state index in [1.807, 2.05) is 19.3 Å². The molecule has 2 rings (SSSR count). The molecule has 4 heteroatoms. The Morgan fingerprint density at radius 3 is 3.18 bits per heavy atom. The lowest BCUT2D eigenvalue weighted by Gasteiger charge is -2.07. The minimum absolute atomic E-state index is 0.910. The van der Waals surface area contributed by atoms with E-state index >= 15 is 0 Å². The van der Waals surface area contributed by atoms with E-state index in [4.69, 9.17) is 0 Å². The first-order valence-electron chi connectivity index (χ1n) is 3.13. The van der Waals surface area contributed by atoms with E-state index < -0.39 is 0 Å². The number of hydrogen-bond donors (Lipinski definition) is 0. The Bertz CT molecular complexity index is 312. The summed E-state index contributed by atoms with van der Waals surface area (Å²) in [6, 6.07) is 0. The summed E-state index contributed by atoms with van der Waals surface area (Å²) in [6.45, 7) is 0. The van der Waals surface area contributed by atoms with E-state index in [-0.39, 0.29) is 0 Å². The minimum Gasteiger partial charge on any atom is -0.215 e. The van der Waals surface area contributed by atoms with Crippen LogP contribution in [0.25, 0.3) is 0 Å². The third-order valence-corrected chi connectivity index (χ3v) is 2.38. The first kappa shape index (κ1) is 6.94. The van der Waals surface area contributed by atoms with Gasteiger partial charge < -0.3 is 0 Å². The van der Waals surface area contributed by atoms with Crippen LogP contribution in [0.3, 0.4) is 0 Å². The van der Waals surface area contributed by atoms with Crippen molar-refractivity contribution in [2.45, 2.75) is 0 Å². The molecule has 0 atom stereocenters. The highest BCUT2D eigenvalue weighted by atomic mass is 127. The van der Waals surface area contributed by atoms with Gasteiger partial charge in [-0.05, 0) is 27.7 Å². The SMILES string of the molecule is CN1N=[C+]C=C2C(I)=CN=C21. The number of rotatable bonds is 0. The Morgan fingerprint density at radius 1 is 1.64 bits per heavy atom. The fourth-order valence-corrected chi connectivity index (χ4v) is 1.52. The molecule has 0 aromatic carbocycles. The van der Waals surface area contributed by atoms with Gasteiger partial charge in [0, 0.05) is 7.05 Å². The van der Waals surface area contributed by atoms with E-state index in [9.17, 15) is 0 Å². The molecule has 0 bridgehead atoms. The molecule has 0 unspecified atom stereocenters. The van der Waals surface area contributed by atoms with Crippen LogP contribution in [0.5, 0.6) is 0 Å². The fourth-order valence-electron chi connectivity index (χ4n) is 0.982. The predicted molar refractivity (Wildman–Crippen MR) is 52.8 cm³/mol. The second-order valence-electron chi connectivity index (χ2n) is 2.24. The van der Waals surface area contributed by atoms with E-state index in [0.717, 1.165) is 15.0 Å². The van der Waals surface area contributed by atoms with Crippen molar-refractivity contribution >= 4 is 34.6 Å². The zero-order valence-corrected chi connectivity index (χ0v) is 8.03. The normalized spacial score (nSPS) is 20.2. The highest BCUT2D eigenvalue weighted by Crippen LogP contribution is 2.27. The summed E-state index contributed by atoms with van der Waals surface area (Å²) in [7, 11) is 1.86. The molecular formula is C7H5IN3+. The number of aliphatic imine (C=N–C) groups is 1. The molecular weight excluding hydrogens is 253 g/mol. The summed E-state index contributed by atoms with van der Waals surface area (Å²) < 4.78 is 1.15. The third-order valence-electron chi connectivity index (χ3n) is 1.52. The number of hydrogen-bond acceptors (Lipinski definition) is 3. The van der Waals surface area contributed by atoms with Crippen molar-refractivity contribution in [3.63, 3.8) is 0 Å². The Labute approximate surface area is 78.3 Å². The standard InChI is InChI=1S/C7H5IN3/c1-11-7-5(2-3-10-11)6(8)4-9-7/h2,4H,1H3/q+1. The van der Waals surface area contributed by atoms with Gasteiger partial charge in [-0.25, -0.2) is 10.0 Å². The molecule has 0 fully saturated rings. The Kier molecular flexibility index (Phi) is 1.51. The molecule has 2 aliphatic heterocycles. The van der Waals surface area contributed by atoms with Crippen molar-refractivity contribution < 1.29 is 0 Å². The van der Waals surface area contributed by atoms with Gasteiger partial charge >= 0.3 is 0 Å². The van der Waals surface area contributed by atoms with Crippen LogP contribution in [0.1, 0.15) is 0 Å². The molecule has 2 heterocycles. The molecule has 0 aromatic heterocycles. The van der Waals surface area contributed by atoms with Gasteiger partial charge in [0.05, 0.1) is 6.20 Å². The first-order valence-corrected chi connectivity index (χ1v) is 4.21. The fraction of sp³-hybridized carbons (Fsp3) is 0.143. The number of hydrazone groups is 1. The topological polar surface area (TPSA) is 28.0 Å². The summed E-state index contributed by atoms with van der Waals surface area (Å²) >= 11 is 2.25. The van der Waals surface area contributed by atoms with Gasteiger partial charge in [-0.15, -0.1) is 0 Å². The van der Waals surface area contributed by atoms with Gasteiger partial charge in [0.25, 0.3) is 0 Å². The lowest BCUT2D eigenvalue weighted by Crippen LogP contribution is -2.24. The van der Waals surface area contributed by atoms with Crippen LogP contribution in [-0.2, 0) is 0 Å².